The number of aryl methyl sites for hydroxylation is 2. The van der Waals surface area contributed by atoms with E-state index in [4.69, 9.17) is 0 Å². The lowest BCUT2D eigenvalue weighted by Crippen LogP contribution is -2.35. The first-order valence-electron chi connectivity index (χ1n) is 7.07. The Morgan fingerprint density at radius 1 is 1.44 bits per heavy atom. The third kappa shape index (κ3) is 2.83. The number of nitrogens with one attached hydrogen (secondary N) is 1. The number of piperidine rings is 1. The zero-order chi connectivity index (χ0) is 13.1. The number of nitrogens with zero attached hydrogens (tertiary/aromatic N) is 2. The maximum atomic E-state index is 4.55. The summed E-state index contributed by atoms with van der Waals surface area (Å²) in [4.78, 5) is 0. The summed E-state index contributed by atoms with van der Waals surface area (Å²) in [5.74, 6) is 0.835. The van der Waals surface area contributed by atoms with Crippen molar-refractivity contribution in [1.29, 1.82) is 0 Å². The molecule has 2 rings (SSSR count). The molecule has 0 amide bonds. The fourth-order valence-electron chi connectivity index (χ4n) is 2.77. The molecular formula is C15H25N3. The van der Waals surface area contributed by atoms with Gasteiger partial charge in [0.2, 0.25) is 0 Å². The van der Waals surface area contributed by atoms with E-state index in [1.165, 1.54) is 24.1 Å². The van der Waals surface area contributed by atoms with Gasteiger partial charge in [0.15, 0.2) is 0 Å². The SMILES string of the molecule is CCn1nc(C)c(/C=C/C2CC(C)CCN2)c1C. The van der Waals surface area contributed by atoms with Crippen molar-refractivity contribution in [3.63, 3.8) is 0 Å². The fourth-order valence-corrected chi connectivity index (χ4v) is 2.77. The van der Waals surface area contributed by atoms with Gasteiger partial charge in [-0.3, -0.25) is 4.68 Å². The monoisotopic (exact) mass is 247 g/mol. The van der Waals surface area contributed by atoms with Gasteiger partial charge < -0.3 is 5.32 Å². The molecule has 2 heterocycles. The van der Waals surface area contributed by atoms with Crippen molar-refractivity contribution in [3.05, 3.63) is 23.0 Å². The second-order valence-corrected chi connectivity index (χ2v) is 5.45. The minimum Gasteiger partial charge on any atom is -0.310 e. The molecule has 1 saturated heterocycles. The Morgan fingerprint density at radius 2 is 2.22 bits per heavy atom. The van der Waals surface area contributed by atoms with Gasteiger partial charge in [0.05, 0.1) is 5.69 Å². The van der Waals surface area contributed by atoms with Crippen LogP contribution in [0.3, 0.4) is 0 Å². The van der Waals surface area contributed by atoms with Crippen LogP contribution in [0.5, 0.6) is 0 Å². The van der Waals surface area contributed by atoms with Crippen LogP contribution >= 0.6 is 0 Å². The minimum absolute atomic E-state index is 0.525. The molecule has 1 aromatic heterocycles. The Balaban J connectivity index is 2.11. The van der Waals surface area contributed by atoms with Crippen molar-refractivity contribution >= 4 is 6.08 Å². The molecule has 3 nitrogen and oxygen atoms in total. The Kier molecular flexibility index (Phi) is 4.23. The lowest BCUT2D eigenvalue weighted by atomic mass is 9.94. The lowest BCUT2D eigenvalue weighted by molar-refractivity contribution is 0.357. The molecule has 1 aromatic rings. The number of hydrogen-bond donors (Lipinski definition) is 1. The largest absolute Gasteiger partial charge is 0.310 e. The molecule has 0 bridgehead atoms. The standard InChI is InChI=1S/C15H25N3/c1-5-18-13(4)15(12(3)17-18)7-6-14-10-11(2)8-9-16-14/h6-7,11,14,16H,5,8-10H2,1-4H3/b7-6+. The maximum Gasteiger partial charge on any atom is 0.0668 e. The molecule has 1 fully saturated rings. The summed E-state index contributed by atoms with van der Waals surface area (Å²) in [6, 6.07) is 0.525. The first-order chi connectivity index (χ1) is 8.61. The summed E-state index contributed by atoms with van der Waals surface area (Å²) in [6.45, 7) is 10.8. The van der Waals surface area contributed by atoms with Crippen LogP contribution in [0.1, 0.15) is 43.6 Å². The second-order valence-electron chi connectivity index (χ2n) is 5.45. The number of hydrogen-bond acceptors (Lipinski definition) is 2. The Morgan fingerprint density at radius 3 is 2.83 bits per heavy atom. The van der Waals surface area contributed by atoms with Crippen molar-refractivity contribution in [3.8, 4) is 0 Å². The molecule has 1 N–H and O–H groups in total. The predicted octanol–water partition coefficient (Wildman–Crippen LogP) is 2.92. The van der Waals surface area contributed by atoms with Crippen LogP contribution in [0.25, 0.3) is 6.08 Å². The molecule has 100 valence electrons. The molecule has 0 aromatic carbocycles. The lowest BCUT2D eigenvalue weighted by Gasteiger charge is -2.25. The van der Waals surface area contributed by atoms with Crippen molar-refractivity contribution in [2.75, 3.05) is 6.54 Å². The zero-order valence-corrected chi connectivity index (χ0v) is 12.0. The normalized spacial score (nSPS) is 24.9. The molecule has 0 aliphatic carbocycles. The summed E-state index contributed by atoms with van der Waals surface area (Å²) in [7, 11) is 0. The van der Waals surface area contributed by atoms with Gasteiger partial charge in [0.1, 0.15) is 0 Å². The van der Waals surface area contributed by atoms with Crippen molar-refractivity contribution in [1.82, 2.24) is 15.1 Å². The Bertz CT molecular complexity index is 431. The zero-order valence-electron chi connectivity index (χ0n) is 12.0. The van der Waals surface area contributed by atoms with Crippen molar-refractivity contribution in [2.24, 2.45) is 5.92 Å². The molecule has 1 aliphatic heterocycles. The van der Waals surface area contributed by atoms with E-state index < -0.39 is 0 Å². The van der Waals surface area contributed by atoms with E-state index in [0.29, 0.717) is 6.04 Å². The van der Waals surface area contributed by atoms with Gasteiger partial charge in [-0.1, -0.05) is 19.1 Å². The van der Waals surface area contributed by atoms with Gasteiger partial charge in [-0.2, -0.15) is 5.10 Å². The molecule has 2 atom stereocenters. The quantitative estimate of drug-likeness (QED) is 0.890. The van der Waals surface area contributed by atoms with Crippen LogP contribution in [-0.4, -0.2) is 22.4 Å². The topological polar surface area (TPSA) is 29.9 Å². The van der Waals surface area contributed by atoms with Crippen LogP contribution < -0.4 is 5.32 Å². The molecular weight excluding hydrogens is 222 g/mol. The third-order valence-electron chi connectivity index (χ3n) is 3.93. The highest BCUT2D eigenvalue weighted by Gasteiger charge is 2.16. The smallest absolute Gasteiger partial charge is 0.0668 e. The van der Waals surface area contributed by atoms with E-state index in [9.17, 15) is 0 Å². The van der Waals surface area contributed by atoms with E-state index in [1.807, 2.05) is 0 Å². The first-order valence-corrected chi connectivity index (χ1v) is 7.07. The summed E-state index contributed by atoms with van der Waals surface area (Å²) in [5.41, 5.74) is 3.70. The summed E-state index contributed by atoms with van der Waals surface area (Å²) >= 11 is 0. The molecule has 1 aliphatic rings. The molecule has 18 heavy (non-hydrogen) atoms. The minimum atomic E-state index is 0.525. The van der Waals surface area contributed by atoms with Gasteiger partial charge in [-0.05, 0) is 46.1 Å². The van der Waals surface area contributed by atoms with Crippen LogP contribution in [-0.2, 0) is 6.54 Å². The van der Waals surface area contributed by atoms with E-state index in [1.54, 1.807) is 0 Å². The van der Waals surface area contributed by atoms with Gasteiger partial charge >= 0.3 is 0 Å². The second kappa shape index (κ2) is 5.70. The molecule has 0 spiro atoms. The third-order valence-corrected chi connectivity index (χ3v) is 3.93. The predicted molar refractivity (Wildman–Crippen MR) is 76.6 cm³/mol. The highest BCUT2D eigenvalue weighted by molar-refractivity contribution is 5.55. The van der Waals surface area contributed by atoms with Crippen molar-refractivity contribution < 1.29 is 0 Å². The average Bonchev–Trinajstić information content (AvgIpc) is 2.62. The summed E-state index contributed by atoms with van der Waals surface area (Å²) in [5, 5.41) is 8.12. The van der Waals surface area contributed by atoms with E-state index in [-0.39, 0.29) is 0 Å². The average molecular weight is 247 g/mol. The van der Waals surface area contributed by atoms with Gasteiger partial charge in [-0.25, -0.2) is 0 Å². The summed E-state index contributed by atoms with van der Waals surface area (Å²) in [6.07, 6.45) is 7.11. The van der Waals surface area contributed by atoms with Gasteiger partial charge in [-0.15, -0.1) is 0 Å². The Hall–Kier alpha value is -1.09. The first kappa shape index (κ1) is 13.3. The maximum absolute atomic E-state index is 4.55. The molecule has 3 heteroatoms. The highest BCUT2D eigenvalue weighted by atomic mass is 15.3. The number of aromatic nitrogens is 2. The van der Waals surface area contributed by atoms with E-state index >= 15 is 0 Å². The van der Waals surface area contributed by atoms with E-state index in [2.05, 4.69) is 54.9 Å². The van der Waals surface area contributed by atoms with Crippen LogP contribution in [0, 0.1) is 19.8 Å². The highest BCUT2D eigenvalue weighted by Crippen LogP contribution is 2.19. The van der Waals surface area contributed by atoms with Gasteiger partial charge in [0.25, 0.3) is 0 Å². The Labute approximate surface area is 110 Å². The van der Waals surface area contributed by atoms with Crippen molar-refractivity contribution in [2.45, 2.75) is 53.1 Å². The molecule has 0 saturated carbocycles. The fraction of sp³-hybridized carbons (Fsp3) is 0.667. The van der Waals surface area contributed by atoms with E-state index in [0.717, 1.165) is 24.7 Å². The molecule has 2 unspecified atom stereocenters. The van der Waals surface area contributed by atoms with Crippen LogP contribution in [0.15, 0.2) is 6.08 Å². The van der Waals surface area contributed by atoms with Gasteiger partial charge in [0, 0.05) is 23.8 Å². The molecule has 0 radical (unpaired) electrons. The van der Waals surface area contributed by atoms with Crippen LogP contribution in [0.2, 0.25) is 0 Å². The van der Waals surface area contributed by atoms with Crippen LogP contribution in [0.4, 0.5) is 0 Å². The number of rotatable bonds is 3. The summed E-state index contributed by atoms with van der Waals surface area (Å²) < 4.78 is 2.08.